The summed E-state index contributed by atoms with van der Waals surface area (Å²) in [6, 6.07) is 7.39. The minimum absolute atomic E-state index is 0.362. The van der Waals surface area contributed by atoms with E-state index in [1.165, 1.54) is 0 Å². The third-order valence-corrected chi connectivity index (χ3v) is 2.39. The van der Waals surface area contributed by atoms with Crippen LogP contribution in [0.3, 0.4) is 0 Å². The van der Waals surface area contributed by atoms with Gasteiger partial charge in [0.1, 0.15) is 5.69 Å². The Labute approximate surface area is 91.5 Å². The lowest BCUT2D eigenvalue weighted by atomic mass is 10.2. The lowest BCUT2D eigenvalue weighted by Crippen LogP contribution is -1.87. The van der Waals surface area contributed by atoms with E-state index in [1.54, 1.807) is 18.5 Å². The Bertz CT molecular complexity index is 414. The fourth-order valence-corrected chi connectivity index (χ4v) is 1.59. The normalized spacial score (nSPS) is 10.1. The highest BCUT2D eigenvalue weighted by Gasteiger charge is 2.08. The van der Waals surface area contributed by atoms with Gasteiger partial charge in [-0.3, -0.25) is 4.98 Å². The lowest BCUT2D eigenvalue weighted by Gasteiger charge is -2.03. The molecule has 0 bridgehead atoms. The van der Waals surface area contributed by atoms with Gasteiger partial charge >= 0.3 is 0 Å². The largest absolute Gasteiger partial charge is 0.251 e. The van der Waals surface area contributed by atoms with Crippen LogP contribution in [0, 0.1) is 0 Å². The summed E-state index contributed by atoms with van der Waals surface area (Å²) in [6.07, 6.45) is 3.13. The molecule has 1 aromatic heterocycles. The summed E-state index contributed by atoms with van der Waals surface area (Å²) in [5.41, 5.74) is 1.41. The molecule has 0 aliphatic carbocycles. The lowest BCUT2D eigenvalue weighted by molar-refractivity contribution is 1.21. The van der Waals surface area contributed by atoms with E-state index in [-0.39, 0.29) is 0 Å². The van der Waals surface area contributed by atoms with Crippen molar-refractivity contribution in [2.45, 2.75) is 0 Å². The molecule has 0 N–H and O–H groups in total. The number of halogens is 2. The molecule has 0 saturated heterocycles. The van der Waals surface area contributed by atoms with E-state index in [1.807, 2.05) is 18.2 Å². The number of benzene rings is 1. The number of hydrogen-bond donors (Lipinski definition) is 0. The van der Waals surface area contributed by atoms with Gasteiger partial charge in [-0.05, 0) is 6.07 Å². The van der Waals surface area contributed by atoms with Crippen molar-refractivity contribution in [3.8, 4) is 11.3 Å². The highest BCUT2D eigenvalue weighted by Crippen LogP contribution is 2.29. The van der Waals surface area contributed by atoms with Crippen LogP contribution in [0.1, 0.15) is 0 Å². The molecule has 0 unspecified atom stereocenters. The molecule has 0 fully saturated rings. The van der Waals surface area contributed by atoms with Crippen LogP contribution in [0.5, 0.6) is 0 Å². The molecule has 0 amide bonds. The van der Waals surface area contributed by atoms with E-state index in [2.05, 4.69) is 9.97 Å². The number of nitrogens with zero attached hydrogens (tertiary/aromatic N) is 2. The molecule has 1 heterocycles. The second-order valence-corrected chi connectivity index (χ2v) is 3.44. The average Bonchev–Trinajstić information content (AvgIpc) is 2.20. The molecular weight excluding hydrogens is 219 g/mol. The van der Waals surface area contributed by atoms with Gasteiger partial charge in [0.25, 0.3) is 0 Å². The first-order valence-corrected chi connectivity index (χ1v) is 4.76. The quantitative estimate of drug-likeness (QED) is 0.742. The van der Waals surface area contributed by atoms with Crippen molar-refractivity contribution >= 4 is 23.2 Å². The standard InChI is InChI=1S/C10H6Cl2N2/c11-8-4-2-1-3-7(8)9-10(12)14-6-5-13-9/h1-6H. The summed E-state index contributed by atoms with van der Waals surface area (Å²) in [6.45, 7) is 0. The van der Waals surface area contributed by atoms with Gasteiger partial charge in [0.05, 0.1) is 5.02 Å². The van der Waals surface area contributed by atoms with E-state index in [0.717, 1.165) is 5.56 Å². The first kappa shape index (κ1) is 9.44. The molecule has 2 rings (SSSR count). The molecule has 0 spiro atoms. The van der Waals surface area contributed by atoms with Crippen molar-refractivity contribution in [1.82, 2.24) is 9.97 Å². The molecule has 0 radical (unpaired) electrons. The van der Waals surface area contributed by atoms with Crippen molar-refractivity contribution in [3.63, 3.8) is 0 Å². The molecule has 0 aliphatic heterocycles. The Balaban J connectivity index is 2.61. The summed E-state index contributed by atoms with van der Waals surface area (Å²) in [5.74, 6) is 0. The van der Waals surface area contributed by atoms with Crippen molar-refractivity contribution in [3.05, 3.63) is 46.8 Å². The first-order chi connectivity index (χ1) is 6.79. The fraction of sp³-hybridized carbons (Fsp3) is 0. The summed E-state index contributed by atoms with van der Waals surface area (Å²) < 4.78 is 0. The van der Waals surface area contributed by atoms with Gasteiger partial charge in [-0.1, -0.05) is 41.4 Å². The number of rotatable bonds is 1. The number of aromatic nitrogens is 2. The molecule has 0 saturated carbocycles. The summed E-state index contributed by atoms with van der Waals surface area (Å²) in [7, 11) is 0. The van der Waals surface area contributed by atoms with E-state index in [9.17, 15) is 0 Å². The monoisotopic (exact) mass is 224 g/mol. The molecule has 0 atom stereocenters. The molecule has 0 aliphatic rings. The topological polar surface area (TPSA) is 25.8 Å². The third kappa shape index (κ3) is 1.72. The molecule has 2 nitrogen and oxygen atoms in total. The van der Waals surface area contributed by atoms with E-state index < -0.39 is 0 Å². The van der Waals surface area contributed by atoms with E-state index in [0.29, 0.717) is 15.9 Å². The summed E-state index contributed by atoms with van der Waals surface area (Å²) in [4.78, 5) is 8.07. The Kier molecular flexibility index (Phi) is 2.66. The molecule has 2 aromatic rings. The minimum atomic E-state index is 0.362. The molecule has 14 heavy (non-hydrogen) atoms. The van der Waals surface area contributed by atoms with Gasteiger partial charge in [-0.25, -0.2) is 4.98 Å². The molecule has 1 aromatic carbocycles. The minimum Gasteiger partial charge on any atom is -0.251 e. The van der Waals surface area contributed by atoms with Gasteiger partial charge in [-0.2, -0.15) is 0 Å². The van der Waals surface area contributed by atoms with Gasteiger partial charge in [0.2, 0.25) is 0 Å². The zero-order valence-electron chi connectivity index (χ0n) is 7.11. The van der Waals surface area contributed by atoms with Crippen LogP contribution in [-0.2, 0) is 0 Å². The maximum atomic E-state index is 6.00. The van der Waals surface area contributed by atoms with Crippen LogP contribution in [0.2, 0.25) is 10.2 Å². The van der Waals surface area contributed by atoms with Crippen LogP contribution in [0.4, 0.5) is 0 Å². The average molecular weight is 225 g/mol. The second-order valence-electron chi connectivity index (χ2n) is 2.68. The third-order valence-electron chi connectivity index (χ3n) is 1.78. The zero-order valence-corrected chi connectivity index (χ0v) is 8.63. The van der Waals surface area contributed by atoms with Crippen molar-refractivity contribution in [1.29, 1.82) is 0 Å². The van der Waals surface area contributed by atoms with E-state index in [4.69, 9.17) is 23.2 Å². The van der Waals surface area contributed by atoms with Crippen molar-refractivity contribution < 1.29 is 0 Å². The van der Waals surface area contributed by atoms with Crippen LogP contribution < -0.4 is 0 Å². The smallest absolute Gasteiger partial charge is 0.155 e. The van der Waals surface area contributed by atoms with Crippen LogP contribution in [0.15, 0.2) is 36.7 Å². The Hall–Kier alpha value is -1.12. The van der Waals surface area contributed by atoms with Gasteiger partial charge in [0, 0.05) is 18.0 Å². The molecule has 4 heteroatoms. The Morgan fingerprint density at radius 2 is 1.64 bits per heavy atom. The van der Waals surface area contributed by atoms with E-state index >= 15 is 0 Å². The molecular formula is C10H6Cl2N2. The maximum Gasteiger partial charge on any atom is 0.155 e. The summed E-state index contributed by atoms with van der Waals surface area (Å²) >= 11 is 11.9. The zero-order chi connectivity index (χ0) is 9.97. The van der Waals surface area contributed by atoms with Crippen LogP contribution >= 0.6 is 23.2 Å². The first-order valence-electron chi connectivity index (χ1n) is 4.00. The summed E-state index contributed by atoms with van der Waals surface area (Å²) in [5, 5.41) is 0.982. The second kappa shape index (κ2) is 3.95. The fourth-order valence-electron chi connectivity index (χ4n) is 1.15. The Morgan fingerprint density at radius 1 is 0.929 bits per heavy atom. The van der Waals surface area contributed by atoms with Crippen LogP contribution in [0.25, 0.3) is 11.3 Å². The van der Waals surface area contributed by atoms with Crippen molar-refractivity contribution in [2.24, 2.45) is 0 Å². The highest BCUT2D eigenvalue weighted by molar-refractivity contribution is 6.35. The molecule has 70 valence electrons. The van der Waals surface area contributed by atoms with Gasteiger partial charge < -0.3 is 0 Å². The number of hydrogen-bond acceptors (Lipinski definition) is 2. The predicted molar refractivity (Wildman–Crippen MR) is 57.5 cm³/mol. The van der Waals surface area contributed by atoms with Crippen LogP contribution in [-0.4, -0.2) is 9.97 Å². The van der Waals surface area contributed by atoms with Gasteiger partial charge in [-0.15, -0.1) is 0 Å². The van der Waals surface area contributed by atoms with Gasteiger partial charge in [0.15, 0.2) is 5.15 Å². The van der Waals surface area contributed by atoms with Crippen molar-refractivity contribution in [2.75, 3.05) is 0 Å². The Morgan fingerprint density at radius 3 is 2.36 bits per heavy atom. The highest BCUT2D eigenvalue weighted by atomic mass is 35.5. The SMILES string of the molecule is Clc1ccccc1-c1nccnc1Cl. The maximum absolute atomic E-state index is 6.00. The predicted octanol–water partition coefficient (Wildman–Crippen LogP) is 3.45.